The van der Waals surface area contributed by atoms with Crippen LogP contribution in [0.4, 0.5) is 10.8 Å². The van der Waals surface area contributed by atoms with E-state index in [1.54, 1.807) is 45.6 Å². The molecule has 3 aromatic rings. The number of anilines is 2. The van der Waals surface area contributed by atoms with Crippen LogP contribution in [0.25, 0.3) is 0 Å². The van der Waals surface area contributed by atoms with Crippen molar-refractivity contribution >= 4 is 39.9 Å². The van der Waals surface area contributed by atoms with Gasteiger partial charge in [-0.05, 0) is 18.2 Å². The highest BCUT2D eigenvalue weighted by Crippen LogP contribution is 2.45. The number of nitrogens with one attached hydrogen (secondary N) is 1. The number of nitrogens with zero attached hydrogens (tertiary/aromatic N) is 3. The molecule has 1 unspecified atom stereocenters. The summed E-state index contributed by atoms with van der Waals surface area (Å²) in [6.45, 7) is 0.188. The second-order valence-electron chi connectivity index (χ2n) is 6.79. The zero-order valence-corrected chi connectivity index (χ0v) is 16.1. The van der Waals surface area contributed by atoms with E-state index in [2.05, 4.69) is 10.3 Å². The van der Waals surface area contributed by atoms with E-state index in [1.807, 2.05) is 24.3 Å². The van der Waals surface area contributed by atoms with Gasteiger partial charge in [-0.15, -0.1) is 11.3 Å². The molecule has 1 N–H and O–H groups in total. The van der Waals surface area contributed by atoms with Crippen molar-refractivity contribution in [2.75, 3.05) is 16.8 Å². The van der Waals surface area contributed by atoms with Crippen molar-refractivity contribution in [3.05, 3.63) is 76.8 Å². The predicted octanol–water partition coefficient (Wildman–Crippen LogP) is 3.29. The van der Waals surface area contributed by atoms with Gasteiger partial charge in [-0.25, -0.2) is 4.98 Å². The second-order valence-corrected chi connectivity index (χ2v) is 7.68. The molecule has 0 fully saturated rings. The lowest BCUT2D eigenvalue weighted by molar-refractivity contribution is -0.116. The Bertz CT molecular complexity index is 1130. The van der Waals surface area contributed by atoms with E-state index in [9.17, 15) is 14.4 Å². The molecule has 8 heteroatoms. The first kappa shape index (κ1) is 17.6. The fourth-order valence-corrected chi connectivity index (χ4v) is 4.43. The SMILES string of the molecule is O=C(CCN1C(=O)c2ccccc2N2C(=O)c3ccccc3C12)Nc1nccs1. The van der Waals surface area contributed by atoms with Crippen LogP contribution in [0.2, 0.25) is 0 Å². The second kappa shape index (κ2) is 6.82. The zero-order chi connectivity index (χ0) is 20.0. The number of benzene rings is 2. The van der Waals surface area contributed by atoms with Gasteiger partial charge in [-0.2, -0.15) is 0 Å². The van der Waals surface area contributed by atoms with Crippen molar-refractivity contribution < 1.29 is 14.4 Å². The summed E-state index contributed by atoms with van der Waals surface area (Å²) in [7, 11) is 0. The van der Waals surface area contributed by atoms with E-state index >= 15 is 0 Å². The number of carbonyl (C=O) groups is 3. The van der Waals surface area contributed by atoms with Gasteiger partial charge < -0.3 is 10.2 Å². The Morgan fingerprint density at radius 1 is 1.03 bits per heavy atom. The van der Waals surface area contributed by atoms with Gasteiger partial charge in [0.05, 0.1) is 11.3 Å². The number of carbonyl (C=O) groups excluding carboxylic acids is 3. The summed E-state index contributed by atoms with van der Waals surface area (Å²) >= 11 is 1.33. The molecular weight excluding hydrogens is 388 g/mol. The van der Waals surface area contributed by atoms with Crippen molar-refractivity contribution in [3.8, 4) is 0 Å². The van der Waals surface area contributed by atoms with E-state index in [-0.39, 0.29) is 30.7 Å². The predicted molar refractivity (Wildman–Crippen MR) is 109 cm³/mol. The molecule has 29 heavy (non-hydrogen) atoms. The standard InChI is InChI=1S/C21H16N4O3S/c26-17(23-21-22-10-12-29-21)9-11-24-18-13-5-1-2-6-14(13)20(28)25(18)16-8-4-3-7-15(16)19(24)27/h1-8,10,12,18H,9,11H2,(H,22,23,26). The Hall–Kier alpha value is -3.52. The smallest absolute Gasteiger partial charge is 0.260 e. The van der Waals surface area contributed by atoms with Crippen molar-refractivity contribution in [2.45, 2.75) is 12.6 Å². The number of para-hydroxylation sites is 1. The van der Waals surface area contributed by atoms with Gasteiger partial charge in [-0.3, -0.25) is 19.3 Å². The third-order valence-electron chi connectivity index (χ3n) is 5.14. The number of rotatable bonds is 4. The molecule has 0 saturated heterocycles. The molecule has 0 bridgehead atoms. The van der Waals surface area contributed by atoms with E-state index < -0.39 is 6.17 Å². The van der Waals surface area contributed by atoms with Crippen molar-refractivity contribution in [1.82, 2.24) is 9.88 Å². The summed E-state index contributed by atoms with van der Waals surface area (Å²) in [5.74, 6) is -0.549. The molecule has 0 aliphatic carbocycles. The Morgan fingerprint density at radius 2 is 1.79 bits per heavy atom. The molecule has 2 aliphatic heterocycles. The van der Waals surface area contributed by atoms with Crippen LogP contribution in [-0.2, 0) is 4.79 Å². The Labute approximate surface area is 170 Å². The number of aromatic nitrogens is 1. The van der Waals surface area contributed by atoms with Crippen molar-refractivity contribution in [1.29, 1.82) is 0 Å². The van der Waals surface area contributed by atoms with Gasteiger partial charge in [0, 0.05) is 35.7 Å². The third-order valence-corrected chi connectivity index (χ3v) is 5.83. The topological polar surface area (TPSA) is 82.6 Å². The number of fused-ring (bicyclic) bond motifs is 5. The summed E-state index contributed by atoms with van der Waals surface area (Å²) in [5.41, 5.74) is 2.43. The fraction of sp³-hybridized carbons (Fsp3) is 0.143. The molecule has 2 aromatic carbocycles. The largest absolute Gasteiger partial charge is 0.313 e. The Morgan fingerprint density at radius 3 is 2.59 bits per heavy atom. The van der Waals surface area contributed by atoms with Gasteiger partial charge in [-0.1, -0.05) is 30.3 Å². The minimum absolute atomic E-state index is 0.105. The minimum atomic E-state index is -0.547. The molecule has 144 valence electrons. The van der Waals surface area contributed by atoms with Gasteiger partial charge >= 0.3 is 0 Å². The summed E-state index contributed by atoms with van der Waals surface area (Å²) in [6, 6.07) is 14.4. The molecule has 2 aliphatic rings. The maximum Gasteiger partial charge on any atom is 0.260 e. The lowest BCUT2D eigenvalue weighted by Crippen LogP contribution is -2.48. The minimum Gasteiger partial charge on any atom is -0.313 e. The van der Waals surface area contributed by atoms with E-state index in [4.69, 9.17) is 0 Å². The van der Waals surface area contributed by atoms with Crippen LogP contribution in [0.5, 0.6) is 0 Å². The highest BCUT2D eigenvalue weighted by Gasteiger charge is 2.47. The lowest BCUT2D eigenvalue weighted by Gasteiger charge is -2.40. The number of amides is 3. The molecule has 5 rings (SSSR count). The third kappa shape index (κ3) is 2.80. The first-order chi connectivity index (χ1) is 14.1. The maximum absolute atomic E-state index is 13.3. The van der Waals surface area contributed by atoms with Crippen molar-refractivity contribution in [3.63, 3.8) is 0 Å². The first-order valence-electron chi connectivity index (χ1n) is 9.17. The number of hydrogen-bond acceptors (Lipinski definition) is 5. The zero-order valence-electron chi connectivity index (χ0n) is 15.2. The van der Waals surface area contributed by atoms with Crippen LogP contribution >= 0.6 is 11.3 Å². The summed E-state index contributed by atoms with van der Waals surface area (Å²) in [6.07, 6.45) is 1.17. The summed E-state index contributed by atoms with van der Waals surface area (Å²) < 4.78 is 0. The van der Waals surface area contributed by atoms with Crippen LogP contribution in [0.1, 0.15) is 38.9 Å². The highest BCUT2D eigenvalue weighted by atomic mass is 32.1. The monoisotopic (exact) mass is 404 g/mol. The van der Waals surface area contributed by atoms with Crippen LogP contribution in [0, 0.1) is 0 Å². The molecule has 0 saturated carbocycles. The van der Waals surface area contributed by atoms with Crippen molar-refractivity contribution in [2.24, 2.45) is 0 Å². The normalized spacial score (nSPS) is 17.0. The van der Waals surface area contributed by atoms with E-state index in [0.717, 1.165) is 5.56 Å². The van der Waals surface area contributed by atoms with Gasteiger partial charge in [0.25, 0.3) is 11.8 Å². The first-order valence-corrected chi connectivity index (χ1v) is 10.0. The number of thiazole rings is 1. The molecule has 0 radical (unpaired) electrons. The molecule has 0 spiro atoms. The summed E-state index contributed by atoms with van der Waals surface area (Å²) in [4.78, 5) is 46.0. The highest BCUT2D eigenvalue weighted by molar-refractivity contribution is 7.13. The molecule has 3 heterocycles. The number of hydrogen-bond donors (Lipinski definition) is 1. The van der Waals surface area contributed by atoms with Crippen LogP contribution < -0.4 is 10.2 Å². The Kier molecular flexibility index (Phi) is 4.13. The van der Waals surface area contributed by atoms with Crippen LogP contribution in [0.15, 0.2) is 60.1 Å². The maximum atomic E-state index is 13.3. The molecule has 1 aromatic heterocycles. The van der Waals surface area contributed by atoms with Gasteiger partial charge in [0.1, 0.15) is 6.17 Å². The molecule has 3 amide bonds. The molecule has 7 nitrogen and oxygen atoms in total. The van der Waals surface area contributed by atoms with E-state index in [0.29, 0.717) is 21.9 Å². The average Bonchev–Trinajstić information content (AvgIpc) is 3.35. The van der Waals surface area contributed by atoms with E-state index in [1.165, 1.54) is 11.3 Å². The lowest BCUT2D eigenvalue weighted by atomic mass is 10.0. The molecule has 1 atom stereocenters. The average molecular weight is 404 g/mol. The summed E-state index contributed by atoms with van der Waals surface area (Å²) in [5, 5.41) is 5.03. The Balaban J connectivity index is 1.48. The quantitative estimate of drug-likeness (QED) is 0.723. The van der Waals surface area contributed by atoms with Gasteiger partial charge in [0.2, 0.25) is 5.91 Å². The van der Waals surface area contributed by atoms with Crippen LogP contribution in [-0.4, -0.2) is 34.2 Å². The fourth-order valence-electron chi connectivity index (χ4n) is 3.89. The van der Waals surface area contributed by atoms with Gasteiger partial charge in [0.15, 0.2) is 5.13 Å². The van der Waals surface area contributed by atoms with Crippen LogP contribution in [0.3, 0.4) is 0 Å². The molecular formula is C21H16N4O3S.